The minimum Gasteiger partial charge on any atom is -0.478 e. The molecule has 1 heterocycles. The van der Waals surface area contributed by atoms with Crippen molar-refractivity contribution in [1.82, 2.24) is 9.97 Å². The second kappa shape index (κ2) is 10.8. The Morgan fingerprint density at radius 2 is 1.66 bits per heavy atom. The molecule has 1 aromatic heterocycles. The Balaban J connectivity index is 2.39. The first-order chi connectivity index (χ1) is 15.0. The Labute approximate surface area is 189 Å². The largest absolute Gasteiger partial charge is 0.478 e. The Hall–Kier alpha value is -3.36. The van der Waals surface area contributed by atoms with Crippen LogP contribution in [0.25, 0.3) is 0 Å². The lowest BCUT2D eigenvalue weighted by Crippen LogP contribution is -2.38. The van der Waals surface area contributed by atoms with Gasteiger partial charge in [0.05, 0.1) is 29.5 Å². The molecule has 0 radical (unpaired) electrons. The van der Waals surface area contributed by atoms with Crippen molar-refractivity contribution in [2.45, 2.75) is 47.1 Å². The average Bonchev–Trinajstić information content (AvgIpc) is 2.67. The van der Waals surface area contributed by atoms with Gasteiger partial charge in [-0.3, -0.25) is 0 Å². The second-order valence-electron chi connectivity index (χ2n) is 9.00. The molecule has 2 rings (SSSR count). The van der Waals surface area contributed by atoms with Crippen LogP contribution in [0.5, 0.6) is 5.75 Å². The number of hydrogen-bond acceptors (Lipinski definition) is 6. The third-order valence-electron chi connectivity index (χ3n) is 4.43. The summed E-state index contributed by atoms with van der Waals surface area (Å²) >= 11 is 0. The number of nitrogens with zero attached hydrogens (tertiary/aromatic N) is 3. The molecule has 0 fully saturated rings. The lowest BCUT2D eigenvalue weighted by atomic mass is 10.1. The van der Waals surface area contributed by atoms with Crippen LogP contribution in [0.15, 0.2) is 36.9 Å². The number of carbonyl (C=O) groups excluding carboxylic acids is 1. The van der Waals surface area contributed by atoms with Crippen LogP contribution in [-0.2, 0) is 4.79 Å². The van der Waals surface area contributed by atoms with Gasteiger partial charge in [-0.05, 0) is 37.8 Å². The van der Waals surface area contributed by atoms with Gasteiger partial charge in [0.15, 0.2) is 5.60 Å². The normalized spacial score (nSPS) is 11.4. The smallest absolute Gasteiger partial charge is 0.347 e. The van der Waals surface area contributed by atoms with Crippen LogP contribution in [-0.4, -0.2) is 45.8 Å². The number of aromatic nitrogens is 2. The number of hydrogen-bond donors (Lipinski definition) is 3. The summed E-state index contributed by atoms with van der Waals surface area (Å²) in [6.07, 6.45) is 4.36. The lowest BCUT2D eigenvalue weighted by Gasteiger charge is -2.31. The highest BCUT2D eigenvalue weighted by Crippen LogP contribution is 2.33. The Kier molecular flexibility index (Phi) is 8.40. The van der Waals surface area contributed by atoms with Crippen molar-refractivity contribution in [2.75, 3.05) is 28.6 Å². The number of ether oxygens (including phenoxy) is 1. The van der Waals surface area contributed by atoms with Crippen molar-refractivity contribution < 1.29 is 19.4 Å². The standard InChI is InChI=1S/C23H33N5O4/c1-15(2)12-28(13-16(3)4)20-8-7-18(32-23(5,6)21(29)30)9-19(20)27-22(31)26-17-10-24-14-25-11-17/h7-11,14-16H,12-13H2,1-6H3,(H,29,30)(H2,26,27,31). The van der Waals surface area contributed by atoms with Gasteiger partial charge in [0.1, 0.15) is 12.1 Å². The quantitative estimate of drug-likeness (QED) is 0.495. The van der Waals surface area contributed by atoms with Crippen LogP contribution in [0, 0.1) is 11.8 Å². The summed E-state index contributed by atoms with van der Waals surface area (Å²) in [5.41, 5.74) is 0.372. The van der Waals surface area contributed by atoms with Crippen LogP contribution in [0.4, 0.5) is 21.9 Å². The number of carboxylic acids is 1. The summed E-state index contributed by atoms with van der Waals surface area (Å²) in [5, 5.41) is 15.0. The summed E-state index contributed by atoms with van der Waals surface area (Å²) < 4.78 is 5.69. The maximum absolute atomic E-state index is 12.7. The number of rotatable bonds is 10. The van der Waals surface area contributed by atoms with E-state index in [2.05, 4.69) is 53.2 Å². The fourth-order valence-corrected chi connectivity index (χ4v) is 3.09. The number of anilines is 3. The predicted molar refractivity (Wildman–Crippen MR) is 125 cm³/mol. The molecule has 2 aromatic rings. The van der Waals surface area contributed by atoms with E-state index in [9.17, 15) is 14.7 Å². The number of aliphatic carboxylic acids is 1. The van der Waals surface area contributed by atoms with Crippen molar-refractivity contribution in [3.05, 3.63) is 36.9 Å². The lowest BCUT2D eigenvalue weighted by molar-refractivity contribution is -0.152. The molecule has 9 heteroatoms. The van der Waals surface area contributed by atoms with E-state index in [1.807, 2.05) is 6.07 Å². The van der Waals surface area contributed by atoms with Gasteiger partial charge in [-0.15, -0.1) is 0 Å². The maximum atomic E-state index is 12.7. The van der Waals surface area contributed by atoms with Gasteiger partial charge in [0, 0.05) is 19.2 Å². The van der Waals surface area contributed by atoms with Gasteiger partial charge in [0.2, 0.25) is 0 Å². The maximum Gasteiger partial charge on any atom is 0.347 e. The van der Waals surface area contributed by atoms with Crippen molar-refractivity contribution in [3.8, 4) is 5.75 Å². The highest BCUT2D eigenvalue weighted by Gasteiger charge is 2.30. The monoisotopic (exact) mass is 443 g/mol. The van der Waals surface area contributed by atoms with Gasteiger partial charge in [-0.25, -0.2) is 19.6 Å². The highest BCUT2D eigenvalue weighted by molar-refractivity contribution is 6.02. The molecule has 2 amide bonds. The molecule has 174 valence electrons. The minimum absolute atomic E-state index is 0.341. The van der Waals surface area contributed by atoms with Crippen molar-refractivity contribution in [1.29, 1.82) is 0 Å². The molecule has 0 saturated carbocycles. The van der Waals surface area contributed by atoms with Crippen molar-refractivity contribution in [2.24, 2.45) is 11.8 Å². The SMILES string of the molecule is CC(C)CN(CC(C)C)c1ccc(OC(C)(C)C(=O)O)cc1NC(=O)Nc1cncnc1. The molecule has 32 heavy (non-hydrogen) atoms. The second-order valence-corrected chi connectivity index (χ2v) is 9.00. The average molecular weight is 444 g/mol. The van der Waals surface area contributed by atoms with E-state index >= 15 is 0 Å². The van der Waals surface area contributed by atoms with Gasteiger partial charge >= 0.3 is 12.0 Å². The summed E-state index contributed by atoms with van der Waals surface area (Å²) in [6.45, 7) is 13.1. The van der Waals surface area contributed by atoms with E-state index in [4.69, 9.17) is 4.74 Å². The molecule has 0 unspecified atom stereocenters. The molecule has 0 spiro atoms. The minimum atomic E-state index is -1.42. The van der Waals surface area contributed by atoms with Gasteiger partial charge in [0.25, 0.3) is 0 Å². The van der Waals surface area contributed by atoms with E-state index in [1.165, 1.54) is 32.6 Å². The van der Waals surface area contributed by atoms with Crippen molar-refractivity contribution >= 4 is 29.1 Å². The summed E-state index contributed by atoms with van der Waals surface area (Å²) in [4.78, 5) is 34.1. The molecular formula is C23H33N5O4. The third-order valence-corrected chi connectivity index (χ3v) is 4.43. The molecule has 9 nitrogen and oxygen atoms in total. The third kappa shape index (κ3) is 7.40. The summed E-state index contributed by atoms with van der Waals surface area (Å²) in [6, 6.07) is 4.75. The zero-order valence-corrected chi connectivity index (χ0v) is 19.5. The van der Waals surface area contributed by atoms with Crippen LogP contribution in [0.2, 0.25) is 0 Å². The molecule has 0 aliphatic rings. The first-order valence-electron chi connectivity index (χ1n) is 10.6. The van der Waals surface area contributed by atoms with Crippen LogP contribution < -0.4 is 20.3 Å². The van der Waals surface area contributed by atoms with E-state index in [0.29, 0.717) is 29.0 Å². The molecule has 1 aromatic carbocycles. The fourth-order valence-electron chi connectivity index (χ4n) is 3.09. The van der Waals surface area contributed by atoms with E-state index in [1.54, 1.807) is 12.1 Å². The van der Waals surface area contributed by atoms with E-state index in [0.717, 1.165) is 18.8 Å². The van der Waals surface area contributed by atoms with Crippen LogP contribution >= 0.6 is 0 Å². The van der Waals surface area contributed by atoms with Gasteiger partial charge < -0.3 is 25.4 Å². The molecule has 0 atom stereocenters. The number of amides is 2. The molecular weight excluding hydrogens is 410 g/mol. The molecule has 0 bridgehead atoms. The van der Waals surface area contributed by atoms with Gasteiger partial charge in [-0.1, -0.05) is 27.7 Å². The zero-order valence-electron chi connectivity index (χ0n) is 19.5. The fraction of sp³-hybridized carbons (Fsp3) is 0.478. The Morgan fingerprint density at radius 1 is 1.06 bits per heavy atom. The molecule has 0 saturated heterocycles. The topological polar surface area (TPSA) is 117 Å². The van der Waals surface area contributed by atoms with Crippen molar-refractivity contribution in [3.63, 3.8) is 0 Å². The predicted octanol–water partition coefficient (Wildman–Crippen LogP) is 4.48. The first-order valence-corrected chi connectivity index (χ1v) is 10.6. The van der Waals surface area contributed by atoms with Crippen LogP contribution in [0.1, 0.15) is 41.5 Å². The zero-order chi connectivity index (χ0) is 23.9. The number of benzene rings is 1. The number of urea groups is 1. The van der Waals surface area contributed by atoms with E-state index in [-0.39, 0.29) is 0 Å². The first kappa shape index (κ1) is 24.9. The number of carbonyl (C=O) groups is 2. The van der Waals surface area contributed by atoms with E-state index < -0.39 is 17.6 Å². The Morgan fingerprint density at radius 3 is 2.19 bits per heavy atom. The molecule has 3 N–H and O–H groups in total. The van der Waals surface area contributed by atoms with Crippen LogP contribution in [0.3, 0.4) is 0 Å². The number of carboxylic acid groups (broad SMARTS) is 1. The summed E-state index contributed by atoms with van der Waals surface area (Å²) in [7, 11) is 0. The van der Waals surface area contributed by atoms with Gasteiger partial charge in [-0.2, -0.15) is 0 Å². The molecule has 0 aliphatic heterocycles. The summed E-state index contributed by atoms with van der Waals surface area (Å²) in [5.74, 6) is 0.0604. The Bertz CT molecular complexity index is 906. The molecule has 0 aliphatic carbocycles. The number of nitrogens with one attached hydrogen (secondary N) is 2. The highest BCUT2D eigenvalue weighted by atomic mass is 16.5.